The number of ether oxygens (including phenoxy) is 1. The molecule has 0 radical (unpaired) electrons. The van der Waals surface area contributed by atoms with Crippen molar-refractivity contribution >= 4 is 22.8 Å². The standard InChI is InChI=1S/C18H21N5O2/c1-2-25-12-10-20-18(24)21-16-8-11-23(22-16)13-15-6-3-5-14-7-4-9-19-17(14)15/h3-9,11H,2,10,12-13H2,1H3,(H2,20,21,22,24). The molecule has 0 bridgehead atoms. The van der Waals surface area contributed by atoms with E-state index in [1.165, 1.54) is 0 Å². The molecule has 2 aromatic heterocycles. The monoisotopic (exact) mass is 339 g/mol. The summed E-state index contributed by atoms with van der Waals surface area (Å²) in [6.07, 6.45) is 3.62. The summed E-state index contributed by atoms with van der Waals surface area (Å²) in [7, 11) is 0. The van der Waals surface area contributed by atoms with Crippen LogP contribution in [0.25, 0.3) is 10.9 Å². The Bertz CT molecular complexity index is 841. The zero-order valence-electron chi connectivity index (χ0n) is 14.1. The van der Waals surface area contributed by atoms with E-state index in [-0.39, 0.29) is 6.03 Å². The molecule has 25 heavy (non-hydrogen) atoms. The van der Waals surface area contributed by atoms with Gasteiger partial charge in [-0.1, -0.05) is 24.3 Å². The van der Waals surface area contributed by atoms with Crippen molar-refractivity contribution in [2.75, 3.05) is 25.1 Å². The van der Waals surface area contributed by atoms with Crippen LogP contribution in [0.15, 0.2) is 48.8 Å². The summed E-state index contributed by atoms with van der Waals surface area (Å²) in [5.41, 5.74) is 2.04. The van der Waals surface area contributed by atoms with E-state index >= 15 is 0 Å². The number of anilines is 1. The molecule has 0 aliphatic carbocycles. The fourth-order valence-corrected chi connectivity index (χ4v) is 2.53. The topological polar surface area (TPSA) is 81.1 Å². The van der Waals surface area contributed by atoms with Gasteiger partial charge in [-0.25, -0.2) is 4.79 Å². The third-order valence-corrected chi connectivity index (χ3v) is 3.67. The highest BCUT2D eigenvalue weighted by atomic mass is 16.5. The number of nitrogens with one attached hydrogen (secondary N) is 2. The van der Waals surface area contributed by atoms with Crippen LogP contribution in [0.1, 0.15) is 12.5 Å². The fourth-order valence-electron chi connectivity index (χ4n) is 2.53. The minimum atomic E-state index is -0.295. The molecule has 7 nitrogen and oxygen atoms in total. The van der Waals surface area contributed by atoms with Crippen molar-refractivity contribution in [1.82, 2.24) is 20.1 Å². The van der Waals surface area contributed by atoms with Crippen molar-refractivity contribution < 1.29 is 9.53 Å². The molecular weight excluding hydrogens is 318 g/mol. The van der Waals surface area contributed by atoms with Crippen LogP contribution in [0.5, 0.6) is 0 Å². The van der Waals surface area contributed by atoms with Crippen LogP contribution >= 0.6 is 0 Å². The van der Waals surface area contributed by atoms with Crippen molar-refractivity contribution in [3.05, 3.63) is 54.4 Å². The first-order valence-electron chi connectivity index (χ1n) is 8.25. The lowest BCUT2D eigenvalue weighted by Crippen LogP contribution is -2.31. The predicted molar refractivity (Wildman–Crippen MR) is 96.6 cm³/mol. The van der Waals surface area contributed by atoms with E-state index < -0.39 is 0 Å². The fraction of sp³-hybridized carbons (Fsp3) is 0.278. The Morgan fingerprint density at radius 2 is 2.12 bits per heavy atom. The van der Waals surface area contributed by atoms with Crippen molar-refractivity contribution in [1.29, 1.82) is 0 Å². The minimum Gasteiger partial charge on any atom is -0.380 e. The first-order valence-corrected chi connectivity index (χ1v) is 8.25. The maximum atomic E-state index is 11.8. The van der Waals surface area contributed by atoms with Gasteiger partial charge in [-0.3, -0.25) is 15.0 Å². The highest BCUT2D eigenvalue weighted by Gasteiger charge is 2.06. The van der Waals surface area contributed by atoms with Gasteiger partial charge in [-0.2, -0.15) is 5.10 Å². The number of fused-ring (bicyclic) bond motifs is 1. The van der Waals surface area contributed by atoms with Crippen molar-refractivity contribution in [3.8, 4) is 0 Å². The maximum absolute atomic E-state index is 11.8. The summed E-state index contributed by atoms with van der Waals surface area (Å²) in [6.45, 7) is 4.09. The number of urea groups is 1. The number of carbonyl (C=O) groups is 1. The molecule has 0 aliphatic rings. The van der Waals surface area contributed by atoms with Crippen LogP contribution in [0.2, 0.25) is 0 Å². The lowest BCUT2D eigenvalue weighted by molar-refractivity contribution is 0.150. The number of para-hydroxylation sites is 1. The molecule has 0 saturated heterocycles. The van der Waals surface area contributed by atoms with Gasteiger partial charge in [0.1, 0.15) is 0 Å². The average molecular weight is 339 g/mol. The highest BCUT2D eigenvalue weighted by molar-refractivity contribution is 5.88. The number of hydrogen-bond acceptors (Lipinski definition) is 4. The molecule has 7 heteroatoms. The van der Waals surface area contributed by atoms with E-state index in [4.69, 9.17) is 4.74 Å². The molecular formula is C18H21N5O2. The van der Waals surface area contributed by atoms with Gasteiger partial charge in [0.15, 0.2) is 5.82 Å². The quantitative estimate of drug-likeness (QED) is 0.649. The summed E-state index contributed by atoms with van der Waals surface area (Å²) in [5, 5.41) is 10.9. The van der Waals surface area contributed by atoms with Crippen LogP contribution in [-0.2, 0) is 11.3 Å². The Hall–Kier alpha value is -2.93. The number of pyridine rings is 1. The number of benzene rings is 1. The Kier molecular flexibility index (Phi) is 5.58. The highest BCUT2D eigenvalue weighted by Crippen LogP contribution is 2.17. The lowest BCUT2D eigenvalue weighted by atomic mass is 10.1. The second-order valence-corrected chi connectivity index (χ2v) is 5.47. The molecule has 2 amide bonds. The van der Waals surface area contributed by atoms with Gasteiger partial charge in [0, 0.05) is 37.0 Å². The summed E-state index contributed by atoms with van der Waals surface area (Å²) in [4.78, 5) is 16.2. The normalized spacial score (nSPS) is 10.8. The van der Waals surface area contributed by atoms with Crippen molar-refractivity contribution in [2.45, 2.75) is 13.5 Å². The molecule has 3 aromatic rings. The SMILES string of the molecule is CCOCCNC(=O)Nc1ccn(Cc2cccc3cccnc23)n1. The first kappa shape index (κ1) is 16.9. The Labute approximate surface area is 146 Å². The molecule has 0 spiro atoms. The molecule has 130 valence electrons. The minimum absolute atomic E-state index is 0.295. The van der Waals surface area contributed by atoms with E-state index in [2.05, 4.69) is 20.7 Å². The number of hydrogen-bond donors (Lipinski definition) is 2. The van der Waals surface area contributed by atoms with Gasteiger partial charge in [0.25, 0.3) is 0 Å². The average Bonchev–Trinajstić information content (AvgIpc) is 3.06. The van der Waals surface area contributed by atoms with Gasteiger partial charge < -0.3 is 10.1 Å². The zero-order valence-corrected chi connectivity index (χ0v) is 14.1. The molecule has 0 atom stereocenters. The van der Waals surface area contributed by atoms with Crippen molar-refractivity contribution in [2.24, 2.45) is 0 Å². The van der Waals surface area contributed by atoms with Crippen LogP contribution in [-0.4, -0.2) is 40.6 Å². The van der Waals surface area contributed by atoms with Gasteiger partial charge in [0.05, 0.1) is 18.7 Å². The Morgan fingerprint density at radius 1 is 1.24 bits per heavy atom. The molecule has 1 aromatic carbocycles. The zero-order chi connectivity index (χ0) is 17.5. The molecule has 2 heterocycles. The molecule has 3 rings (SSSR count). The molecule has 0 saturated carbocycles. The Balaban J connectivity index is 1.61. The van der Waals surface area contributed by atoms with Crippen LogP contribution in [0.4, 0.5) is 10.6 Å². The van der Waals surface area contributed by atoms with Gasteiger partial charge in [0.2, 0.25) is 0 Å². The predicted octanol–water partition coefficient (Wildman–Crippen LogP) is 2.64. The van der Waals surface area contributed by atoms with E-state index in [1.807, 2.05) is 43.5 Å². The third kappa shape index (κ3) is 4.54. The number of amides is 2. The summed E-state index contributed by atoms with van der Waals surface area (Å²) >= 11 is 0. The van der Waals surface area contributed by atoms with Crippen LogP contribution in [0.3, 0.4) is 0 Å². The first-order chi connectivity index (χ1) is 12.3. The third-order valence-electron chi connectivity index (χ3n) is 3.67. The van der Waals surface area contributed by atoms with E-state index in [9.17, 15) is 4.79 Å². The summed E-state index contributed by atoms with van der Waals surface area (Å²) < 4.78 is 6.95. The van der Waals surface area contributed by atoms with E-state index in [0.29, 0.717) is 32.1 Å². The molecule has 0 fully saturated rings. The molecule has 0 aliphatic heterocycles. The van der Waals surface area contributed by atoms with Crippen LogP contribution < -0.4 is 10.6 Å². The smallest absolute Gasteiger partial charge is 0.320 e. The largest absolute Gasteiger partial charge is 0.380 e. The van der Waals surface area contributed by atoms with Gasteiger partial charge in [-0.05, 0) is 18.6 Å². The van der Waals surface area contributed by atoms with E-state index in [1.54, 1.807) is 16.9 Å². The summed E-state index contributed by atoms with van der Waals surface area (Å²) in [5.74, 6) is 0.502. The Morgan fingerprint density at radius 3 is 3.00 bits per heavy atom. The van der Waals surface area contributed by atoms with Crippen LogP contribution in [0, 0.1) is 0 Å². The number of rotatable bonds is 7. The van der Waals surface area contributed by atoms with E-state index in [0.717, 1.165) is 16.5 Å². The maximum Gasteiger partial charge on any atom is 0.320 e. The van der Waals surface area contributed by atoms with Gasteiger partial charge >= 0.3 is 6.03 Å². The second-order valence-electron chi connectivity index (χ2n) is 5.47. The number of aromatic nitrogens is 3. The second kappa shape index (κ2) is 8.25. The molecule has 0 unspecified atom stereocenters. The number of carbonyl (C=O) groups excluding carboxylic acids is 1. The lowest BCUT2D eigenvalue weighted by Gasteiger charge is -2.07. The molecule has 2 N–H and O–H groups in total. The number of nitrogens with zero attached hydrogens (tertiary/aromatic N) is 3. The summed E-state index contributed by atoms with van der Waals surface area (Å²) in [6, 6.07) is 11.5. The van der Waals surface area contributed by atoms with Gasteiger partial charge in [-0.15, -0.1) is 0 Å². The van der Waals surface area contributed by atoms with Crippen molar-refractivity contribution in [3.63, 3.8) is 0 Å².